The summed E-state index contributed by atoms with van der Waals surface area (Å²) in [7, 11) is 0. The molecule has 168 valence electrons. The summed E-state index contributed by atoms with van der Waals surface area (Å²) in [6, 6.07) is 24.5. The molecule has 3 nitrogen and oxygen atoms in total. The van der Waals surface area contributed by atoms with E-state index >= 15 is 0 Å². The molecule has 0 aliphatic rings. The number of aryl methyl sites for hydroxylation is 1. The van der Waals surface area contributed by atoms with E-state index in [9.17, 15) is 18.0 Å². The van der Waals surface area contributed by atoms with Crippen LogP contribution in [0.5, 0.6) is 0 Å². The van der Waals surface area contributed by atoms with Gasteiger partial charge in [0.25, 0.3) is 0 Å². The van der Waals surface area contributed by atoms with E-state index in [0.29, 0.717) is 17.5 Å². The van der Waals surface area contributed by atoms with Gasteiger partial charge in [-0.3, -0.25) is 4.79 Å². The maximum atomic E-state index is 13.3. The molecule has 0 unspecified atom stereocenters. The smallest absolute Gasteiger partial charge is 0.416 e. The van der Waals surface area contributed by atoms with E-state index in [2.05, 4.69) is 0 Å². The monoisotopic (exact) mass is 449 g/mol. The van der Waals surface area contributed by atoms with Gasteiger partial charge in [0, 0.05) is 23.4 Å². The summed E-state index contributed by atoms with van der Waals surface area (Å²) in [6.45, 7) is 1.88. The first kappa shape index (κ1) is 22.4. The number of aromatic nitrogens is 1. The molecule has 4 aromatic rings. The zero-order valence-electron chi connectivity index (χ0n) is 17.9. The molecule has 0 aliphatic carbocycles. The number of alkyl halides is 3. The molecule has 6 heteroatoms. The molecule has 1 heterocycles. The summed E-state index contributed by atoms with van der Waals surface area (Å²) in [6.07, 6.45) is -4.01. The van der Waals surface area contributed by atoms with Crippen LogP contribution in [0.15, 0.2) is 84.9 Å². The quantitative estimate of drug-likeness (QED) is 0.339. The van der Waals surface area contributed by atoms with E-state index in [1.807, 2.05) is 72.2 Å². The third kappa shape index (κ3) is 4.85. The third-order valence-corrected chi connectivity index (χ3v) is 5.61. The number of carboxylic acids is 1. The van der Waals surface area contributed by atoms with Crippen molar-refractivity contribution in [2.75, 3.05) is 0 Å². The van der Waals surface area contributed by atoms with Crippen LogP contribution in [0.3, 0.4) is 0 Å². The Labute approximate surface area is 189 Å². The molecule has 0 amide bonds. The van der Waals surface area contributed by atoms with E-state index in [1.165, 1.54) is 12.1 Å². The van der Waals surface area contributed by atoms with E-state index in [4.69, 9.17) is 5.11 Å². The van der Waals surface area contributed by atoms with Gasteiger partial charge in [0.1, 0.15) is 0 Å². The summed E-state index contributed by atoms with van der Waals surface area (Å²) >= 11 is 0. The molecule has 4 rings (SSSR count). The fourth-order valence-corrected chi connectivity index (χ4v) is 4.02. The molecule has 0 atom stereocenters. The molecule has 0 fully saturated rings. The predicted molar refractivity (Wildman–Crippen MR) is 122 cm³/mol. The minimum atomic E-state index is -4.42. The van der Waals surface area contributed by atoms with E-state index in [1.54, 1.807) is 6.07 Å². The number of benzene rings is 3. The van der Waals surface area contributed by atoms with E-state index in [-0.39, 0.29) is 6.42 Å². The second-order valence-electron chi connectivity index (χ2n) is 7.87. The first-order valence-corrected chi connectivity index (χ1v) is 10.5. The molecule has 33 heavy (non-hydrogen) atoms. The zero-order chi connectivity index (χ0) is 23.6. The summed E-state index contributed by atoms with van der Waals surface area (Å²) in [4.78, 5) is 11.0. The Morgan fingerprint density at radius 1 is 0.879 bits per heavy atom. The number of rotatable bonds is 6. The van der Waals surface area contributed by atoms with Crippen LogP contribution >= 0.6 is 0 Å². The van der Waals surface area contributed by atoms with Crippen molar-refractivity contribution in [3.05, 3.63) is 102 Å². The Kier molecular flexibility index (Phi) is 6.09. The van der Waals surface area contributed by atoms with Gasteiger partial charge in [-0.05, 0) is 60.4 Å². The van der Waals surface area contributed by atoms with Crippen LogP contribution in [0.1, 0.15) is 23.2 Å². The lowest BCUT2D eigenvalue weighted by Crippen LogP contribution is -2.04. The van der Waals surface area contributed by atoms with Crippen LogP contribution < -0.4 is 0 Å². The normalized spacial score (nSPS) is 11.5. The van der Waals surface area contributed by atoms with Gasteiger partial charge < -0.3 is 9.67 Å². The minimum Gasteiger partial charge on any atom is -0.481 e. The van der Waals surface area contributed by atoms with Crippen LogP contribution in [-0.2, 0) is 17.4 Å². The topological polar surface area (TPSA) is 42.2 Å². The maximum Gasteiger partial charge on any atom is 0.416 e. The zero-order valence-corrected chi connectivity index (χ0v) is 17.9. The van der Waals surface area contributed by atoms with Gasteiger partial charge in [-0.25, -0.2) is 0 Å². The fourth-order valence-electron chi connectivity index (χ4n) is 4.02. The number of carboxylic acid groups (broad SMARTS) is 1. The lowest BCUT2D eigenvalue weighted by Gasteiger charge is -2.14. The first-order chi connectivity index (χ1) is 15.7. The van der Waals surface area contributed by atoms with Crippen LogP contribution in [0.2, 0.25) is 0 Å². The summed E-state index contributed by atoms with van der Waals surface area (Å²) in [5.74, 6) is -0.866. The van der Waals surface area contributed by atoms with Gasteiger partial charge in [0.2, 0.25) is 0 Å². The van der Waals surface area contributed by atoms with Gasteiger partial charge in [-0.2, -0.15) is 13.2 Å². The van der Waals surface area contributed by atoms with Crippen molar-refractivity contribution >= 4 is 5.97 Å². The average Bonchev–Trinajstić information content (AvgIpc) is 3.15. The summed E-state index contributed by atoms with van der Waals surface area (Å²) in [5.41, 5.74) is 4.77. The molecule has 1 aromatic heterocycles. The number of carbonyl (C=O) groups is 1. The van der Waals surface area contributed by atoms with Crippen LogP contribution in [0.4, 0.5) is 13.2 Å². The minimum absolute atomic E-state index is 0.0230. The van der Waals surface area contributed by atoms with Gasteiger partial charge in [0.05, 0.1) is 11.3 Å². The lowest BCUT2D eigenvalue weighted by atomic mass is 10.0. The lowest BCUT2D eigenvalue weighted by molar-refractivity contribution is -0.138. The largest absolute Gasteiger partial charge is 0.481 e. The molecular formula is C27H22F3NO2. The third-order valence-electron chi connectivity index (χ3n) is 5.61. The Morgan fingerprint density at radius 3 is 2.27 bits per heavy atom. The number of halogens is 3. The van der Waals surface area contributed by atoms with E-state index in [0.717, 1.165) is 34.3 Å². The average molecular weight is 449 g/mol. The maximum absolute atomic E-state index is 13.3. The van der Waals surface area contributed by atoms with E-state index < -0.39 is 17.7 Å². The van der Waals surface area contributed by atoms with Crippen molar-refractivity contribution in [2.24, 2.45) is 0 Å². The fraction of sp³-hybridized carbons (Fsp3) is 0.148. The number of aliphatic carboxylic acids is 1. The van der Waals surface area contributed by atoms with Crippen LogP contribution in [0, 0.1) is 6.92 Å². The Bertz CT molecular complexity index is 1290. The Morgan fingerprint density at radius 2 is 1.58 bits per heavy atom. The molecule has 0 saturated heterocycles. The first-order valence-electron chi connectivity index (χ1n) is 10.5. The molecule has 3 aromatic carbocycles. The van der Waals surface area contributed by atoms with Gasteiger partial charge in [0.15, 0.2) is 0 Å². The van der Waals surface area contributed by atoms with Crippen molar-refractivity contribution in [2.45, 2.75) is 25.9 Å². The second kappa shape index (κ2) is 8.98. The van der Waals surface area contributed by atoms with Crippen molar-refractivity contribution in [3.8, 4) is 28.1 Å². The summed E-state index contributed by atoms with van der Waals surface area (Å²) < 4.78 is 42.0. The molecular weight excluding hydrogens is 427 g/mol. The highest BCUT2D eigenvalue weighted by atomic mass is 19.4. The van der Waals surface area contributed by atoms with Gasteiger partial charge >= 0.3 is 12.1 Å². The highest BCUT2D eigenvalue weighted by Gasteiger charge is 2.30. The van der Waals surface area contributed by atoms with Gasteiger partial charge in [-0.15, -0.1) is 0 Å². The predicted octanol–water partition coefficient (Wildman–Crippen LogP) is 7.16. The second-order valence-corrected chi connectivity index (χ2v) is 7.87. The molecule has 0 bridgehead atoms. The van der Waals surface area contributed by atoms with Crippen LogP contribution in [0.25, 0.3) is 28.1 Å². The Balaban J connectivity index is 1.88. The van der Waals surface area contributed by atoms with Gasteiger partial charge in [-0.1, -0.05) is 54.6 Å². The number of hydrogen-bond donors (Lipinski definition) is 1. The molecule has 0 spiro atoms. The molecule has 0 saturated carbocycles. The molecule has 0 aliphatic heterocycles. The van der Waals surface area contributed by atoms with Crippen molar-refractivity contribution in [1.29, 1.82) is 0 Å². The molecule has 0 radical (unpaired) electrons. The SMILES string of the molecule is Cc1c(-c2cccc(C(F)(F)F)c2)cc(-c2ccccc2)n1-c1cccc(CCC(=O)O)c1. The highest BCUT2D eigenvalue weighted by Crippen LogP contribution is 2.37. The van der Waals surface area contributed by atoms with Crippen molar-refractivity contribution < 1.29 is 23.1 Å². The Hall–Kier alpha value is -3.80. The number of nitrogens with zero attached hydrogens (tertiary/aromatic N) is 1. The van der Waals surface area contributed by atoms with Crippen LogP contribution in [-0.4, -0.2) is 15.6 Å². The van der Waals surface area contributed by atoms with Crippen molar-refractivity contribution in [1.82, 2.24) is 4.57 Å². The highest BCUT2D eigenvalue weighted by molar-refractivity contribution is 5.77. The summed E-state index contributed by atoms with van der Waals surface area (Å²) in [5, 5.41) is 9.02. The van der Waals surface area contributed by atoms with Crippen molar-refractivity contribution in [3.63, 3.8) is 0 Å². The molecule has 1 N–H and O–H groups in total. The standard InChI is InChI=1S/C27H22F3NO2/c1-18-24(21-10-6-11-22(16-21)27(28,29)30)17-25(20-8-3-2-4-9-20)31(18)23-12-5-7-19(15-23)13-14-26(32)33/h2-12,15-17H,13-14H2,1H3,(H,32,33). The number of hydrogen-bond acceptors (Lipinski definition) is 1.